The molecule has 0 amide bonds. The van der Waals surface area contributed by atoms with Crippen LogP contribution in [0.3, 0.4) is 0 Å². The van der Waals surface area contributed by atoms with Gasteiger partial charge in [-0.1, -0.05) is 6.92 Å². The minimum Gasteiger partial charge on any atom is -0.418 e. The summed E-state index contributed by atoms with van der Waals surface area (Å²) in [5.41, 5.74) is 0. The van der Waals surface area contributed by atoms with Gasteiger partial charge in [0.25, 0.3) is 0 Å². The highest BCUT2D eigenvalue weighted by molar-refractivity contribution is 8.23. The van der Waals surface area contributed by atoms with E-state index < -0.39 is 6.40 Å². The van der Waals surface area contributed by atoms with Crippen molar-refractivity contribution in [2.24, 2.45) is 0 Å². The third kappa shape index (κ3) is 6.33. The summed E-state index contributed by atoms with van der Waals surface area (Å²) in [6.07, 6.45) is -0.192. The molecule has 0 heterocycles. The Bertz CT molecular complexity index is 41.9. The first kappa shape index (κ1) is 7.33. The highest BCUT2D eigenvalue weighted by atomic mass is 32.2. The Morgan fingerprint density at radius 3 is 2.29 bits per heavy atom. The monoisotopic (exact) mass is 120 g/mol. The normalized spacial score (nSPS) is 9.00. The molecule has 7 heavy (non-hydrogen) atoms. The van der Waals surface area contributed by atoms with E-state index in [9.17, 15) is 0 Å². The summed E-state index contributed by atoms with van der Waals surface area (Å²) in [7, 11) is 0. The van der Waals surface area contributed by atoms with Gasteiger partial charge in [0.2, 0.25) is 0 Å². The van der Waals surface area contributed by atoms with Crippen LogP contribution in [0.25, 0.3) is 0 Å². The average molecular weight is 120 g/mol. The van der Waals surface area contributed by atoms with Crippen molar-refractivity contribution in [3.05, 3.63) is 0 Å². The molecule has 0 spiro atoms. The molecule has 0 radical (unpaired) electrons. The van der Waals surface area contributed by atoms with Crippen molar-refractivity contribution >= 4 is 18.0 Å². The van der Waals surface area contributed by atoms with Crippen LogP contribution >= 0.6 is 11.6 Å². The lowest BCUT2D eigenvalue weighted by molar-refractivity contribution is 0.438. The van der Waals surface area contributed by atoms with Crippen LogP contribution in [0.4, 0.5) is 0 Å². The van der Waals surface area contributed by atoms with E-state index in [-0.39, 0.29) is 0 Å². The van der Waals surface area contributed by atoms with Crippen molar-refractivity contribution in [2.45, 2.75) is 13.3 Å². The lowest BCUT2D eigenvalue weighted by Gasteiger charge is -1.91. The summed E-state index contributed by atoms with van der Waals surface area (Å²) in [5, 5.41) is 16.4. The van der Waals surface area contributed by atoms with E-state index in [4.69, 9.17) is 10.0 Å². The molecule has 0 aromatic heterocycles. The highest BCUT2D eigenvalue weighted by Gasteiger charge is 2.03. The molecule has 0 unspecified atom stereocenters. The van der Waals surface area contributed by atoms with Gasteiger partial charge in [0.15, 0.2) is 0 Å². The molecule has 0 aliphatic rings. The third-order valence-corrected chi connectivity index (χ3v) is 1.41. The first-order valence-corrected chi connectivity index (χ1v) is 3.30. The van der Waals surface area contributed by atoms with E-state index in [0.717, 1.165) is 23.8 Å². The van der Waals surface area contributed by atoms with Crippen LogP contribution in [0.15, 0.2) is 0 Å². The molecule has 0 aromatic carbocycles. The Morgan fingerprint density at radius 2 is 2.14 bits per heavy atom. The van der Waals surface area contributed by atoms with Crippen LogP contribution in [0, 0.1) is 0 Å². The standard InChI is InChI=1S/C3H9BO2S/c1-2-3-7-4(5)6/h5-6H,2-3H2,1H3. The van der Waals surface area contributed by atoms with Crippen LogP contribution in [0.5, 0.6) is 0 Å². The van der Waals surface area contributed by atoms with Crippen molar-refractivity contribution in [2.75, 3.05) is 5.75 Å². The van der Waals surface area contributed by atoms with Crippen LogP contribution < -0.4 is 0 Å². The predicted molar refractivity (Wildman–Crippen MR) is 32.9 cm³/mol. The Kier molecular flexibility index (Phi) is 4.71. The quantitative estimate of drug-likeness (QED) is 0.519. The van der Waals surface area contributed by atoms with Gasteiger partial charge in [0.1, 0.15) is 0 Å². The van der Waals surface area contributed by atoms with Crippen LogP contribution in [-0.4, -0.2) is 22.2 Å². The molecule has 42 valence electrons. The molecule has 0 aliphatic carbocycles. The maximum Gasteiger partial charge on any atom is 0.525 e. The van der Waals surface area contributed by atoms with Gasteiger partial charge in [-0.3, -0.25) is 0 Å². The molecule has 0 aliphatic heterocycles. The second-order valence-electron chi connectivity index (χ2n) is 1.20. The summed E-state index contributed by atoms with van der Waals surface area (Å²) < 4.78 is 0. The summed E-state index contributed by atoms with van der Waals surface area (Å²) in [5.74, 6) is 0.817. The molecule has 2 N–H and O–H groups in total. The number of rotatable bonds is 3. The summed E-state index contributed by atoms with van der Waals surface area (Å²) in [6, 6.07) is 0. The second kappa shape index (κ2) is 4.49. The number of hydrogen-bond donors (Lipinski definition) is 2. The molecular weight excluding hydrogens is 111 g/mol. The largest absolute Gasteiger partial charge is 0.525 e. The van der Waals surface area contributed by atoms with E-state index in [1.54, 1.807) is 0 Å². The van der Waals surface area contributed by atoms with Gasteiger partial charge in [0.05, 0.1) is 0 Å². The van der Waals surface area contributed by atoms with Crippen LogP contribution in [-0.2, 0) is 0 Å². The molecule has 0 atom stereocenters. The Hall–Kier alpha value is 0.335. The Labute approximate surface area is 48.0 Å². The molecule has 0 aromatic rings. The van der Waals surface area contributed by atoms with Crippen molar-refractivity contribution in [3.63, 3.8) is 0 Å². The van der Waals surface area contributed by atoms with Gasteiger partial charge in [-0.2, -0.15) is 0 Å². The fraction of sp³-hybridized carbons (Fsp3) is 1.00. The Morgan fingerprint density at radius 1 is 1.57 bits per heavy atom. The molecular formula is C3H9BO2S. The maximum absolute atomic E-state index is 8.20. The first-order valence-electron chi connectivity index (χ1n) is 2.25. The molecule has 0 bridgehead atoms. The summed E-state index contributed by atoms with van der Waals surface area (Å²) >= 11 is 1.14. The minimum absolute atomic E-state index is 0.817. The summed E-state index contributed by atoms with van der Waals surface area (Å²) in [4.78, 5) is 0. The van der Waals surface area contributed by atoms with E-state index in [1.807, 2.05) is 6.92 Å². The lowest BCUT2D eigenvalue weighted by Crippen LogP contribution is -2.04. The topological polar surface area (TPSA) is 40.5 Å². The van der Waals surface area contributed by atoms with Crippen molar-refractivity contribution in [1.29, 1.82) is 0 Å². The van der Waals surface area contributed by atoms with Crippen LogP contribution in [0.1, 0.15) is 13.3 Å². The lowest BCUT2D eigenvalue weighted by atomic mass is 10.4. The zero-order chi connectivity index (χ0) is 5.70. The first-order chi connectivity index (χ1) is 3.27. The van der Waals surface area contributed by atoms with E-state index in [2.05, 4.69) is 0 Å². The zero-order valence-corrected chi connectivity index (χ0v) is 5.11. The predicted octanol–water partition coefficient (Wildman–Crippen LogP) is 0.0991. The van der Waals surface area contributed by atoms with Gasteiger partial charge in [0, 0.05) is 0 Å². The molecule has 0 saturated carbocycles. The maximum atomic E-state index is 8.20. The molecule has 4 heteroatoms. The van der Waals surface area contributed by atoms with Gasteiger partial charge >= 0.3 is 6.40 Å². The van der Waals surface area contributed by atoms with Gasteiger partial charge in [-0.15, -0.1) is 11.6 Å². The average Bonchev–Trinajstić information content (AvgIpc) is 1.61. The van der Waals surface area contributed by atoms with Crippen LogP contribution in [0.2, 0.25) is 0 Å². The van der Waals surface area contributed by atoms with E-state index in [1.165, 1.54) is 0 Å². The highest BCUT2D eigenvalue weighted by Crippen LogP contribution is 2.00. The summed E-state index contributed by atoms with van der Waals surface area (Å²) in [6.45, 7) is 2.00. The SMILES string of the molecule is CCCSB(O)O. The molecule has 2 nitrogen and oxygen atoms in total. The van der Waals surface area contributed by atoms with E-state index in [0.29, 0.717) is 0 Å². The molecule has 0 rings (SSSR count). The number of hydrogen-bond acceptors (Lipinski definition) is 3. The van der Waals surface area contributed by atoms with Crippen molar-refractivity contribution < 1.29 is 10.0 Å². The molecule has 0 fully saturated rings. The van der Waals surface area contributed by atoms with Gasteiger partial charge < -0.3 is 10.0 Å². The van der Waals surface area contributed by atoms with Gasteiger partial charge in [-0.05, 0) is 12.2 Å². The fourth-order valence-corrected chi connectivity index (χ4v) is 0.670. The van der Waals surface area contributed by atoms with E-state index >= 15 is 0 Å². The fourth-order valence-electron chi connectivity index (χ4n) is 0.223. The minimum atomic E-state index is -1.18. The van der Waals surface area contributed by atoms with Crippen molar-refractivity contribution in [1.82, 2.24) is 0 Å². The Balaban J connectivity index is 2.68. The van der Waals surface area contributed by atoms with Gasteiger partial charge in [-0.25, -0.2) is 0 Å². The zero-order valence-electron chi connectivity index (χ0n) is 4.29. The van der Waals surface area contributed by atoms with Crippen molar-refractivity contribution in [3.8, 4) is 0 Å². The smallest absolute Gasteiger partial charge is 0.418 e. The molecule has 0 saturated heterocycles. The second-order valence-corrected chi connectivity index (χ2v) is 2.36. The third-order valence-electron chi connectivity index (χ3n) is 0.471.